The summed E-state index contributed by atoms with van der Waals surface area (Å²) in [6.07, 6.45) is 6.01. The number of hydrogen-bond donors (Lipinski definition) is 1. The topological polar surface area (TPSA) is 73.1 Å². The molecule has 1 aliphatic heterocycles. The fraction of sp³-hybridized carbons (Fsp3) is 0.211. The van der Waals surface area contributed by atoms with Crippen LogP contribution in [0.2, 0.25) is 0 Å². The molecule has 1 atom stereocenters. The maximum Gasteiger partial charge on any atom is 0.247 e. The van der Waals surface area contributed by atoms with Gasteiger partial charge < -0.3 is 14.5 Å². The van der Waals surface area contributed by atoms with Crippen molar-refractivity contribution in [3.8, 4) is 17.1 Å². The second-order valence-electron chi connectivity index (χ2n) is 5.84. The lowest BCUT2D eigenvalue weighted by molar-refractivity contribution is 0.266. The van der Waals surface area contributed by atoms with Crippen LogP contribution in [-0.4, -0.2) is 27.2 Å². The third-order valence-corrected chi connectivity index (χ3v) is 5.36. The number of halogens is 1. The molecule has 1 N–H and O–H groups in total. The first-order chi connectivity index (χ1) is 13.2. The normalized spacial score (nSPS) is 15.6. The number of furan rings is 1. The van der Waals surface area contributed by atoms with Crippen LogP contribution in [-0.2, 0) is 0 Å². The van der Waals surface area contributed by atoms with E-state index >= 15 is 0 Å². The molecule has 4 rings (SSSR count). The smallest absolute Gasteiger partial charge is 0.247 e. The highest BCUT2D eigenvalue weighted by Gasteiger charge is 2.24. The summed E-state index contributed by atoms with van der Waals surface area (Å²) >= 11 is 5.09. The lowest BCUT2D eigenvalue weighted by atomic mass is 10.1. The molecule has 27 heavy (non-hydrogen) atoms. The monoisotopic (exact) mass is 444 g/mol. The summed E-state index contributed by atoms with van der Waals surface area (Å²) in [5.41, 5.74) is 2.41. The molecule has 6 nitrogen and oxygen atoms in total. The van der Waals surface area contributed by atoms with Crippen molar-refractivity contribution in [1.82, 2.24) is 15.2 Å². The van der Waals surface area contributed by atoms with E-state index < -0.39 is 6.23 Å². The van der Waals surface area contributed by atoms with Crippen molar-refractivity contribution in [3.63, 3.8) is 0 Å². The van der Waals surface area contributed by atoms with E-state index in [4.69, 9.17) is 9.15 Å². The first-order valence-electron chi connectivity index (χ1n) is 8.55. The predicted molar refractivity (Wildman–Crippen MR) is 110 cm³/mol. The molecule has 0 fully saturated rings. The Morgan fingerprint density at radius 3 is 3.04 bits per heavy atom. The Morgan fingerprint density at radius 2 is 2.22 bits per heavy atom. The number of nitrogens with zero attached hydrogens (tertiary/aromatic N) is 3. The van der Waals surface area contributed by atoms with Crippen LogP contribution in [0.3, 0.4) is 0 Å². The van der Waals surface area contributed by atoms with E-state index in [9.17, 15) is 0 Å². The highest BCUT2D eigenvalue weighted by Crippen LogP contribution is 2.38. The van der Waals surface area contributed by atoms with Crippen LogP contribution < -0.4 is 10.1 Å². The van der Waals surface area contributed by atoms with Gasteiger partial charge in [0.2, 0.25) is 11.0 Å². The average molecular weight is 445 g/mol. The zero-order valence-electron chi connectivity index (χ0n) is 14.6. The molecule has 0 radical (unpaired) electrons. The van der Waals surface area contributed by atoms with Crippen LogP contribution in [0.25, 0.3) is 17.3 Å². The number of benzene rings is 1. The van der Waals surface area contributed by atoms with Gasteiger partial charge in [0.05, 0.1) is 6.26 Å². The summed E-state index contributed by atoms with van der Waals surface area (Å²) in [7, 11) is 0. The van der Waals surface area contributed by atoms with Gasteiger partial charge in [-0.15, -0.1) is 10.2 Å². The third kappa shape index (κ3) is 4.17. The van der Waals surface area contributed by atoms with Crippen molar-refractivity contribution >= 4 is 39.5 Å². The number of thioether (sulfide) groups is 1. The Morgan fingerprint density at radius 1 is 1.30 bits per heavy atom. The Hall–Kier alpha value is -2.32. The van der Waals surface area contributed by atoms with Gasteiger partial charge in [-0.25, -0.2) is 0 Å². The number of anilines is 1. The number of ether oxygens (including phenoxy) is 1. The van der Waals surface area contributed by atoms with Gasteiger partial charge in [-0.1, -0.05) is 34.6 Å². The number of nitrogens with one attached hydrogen (secondary N) is 1. The van der Waals surface area contributed by atoms with Crippen molar-refractivity contribution in [2.45, 2.75) is 24.7 Å². The summed E-state index contributed by atoms with van der Waals surface area (Å²) in [4.78, 5) is 4.59. The maximum atomic E-state index is 6.12. The molecule has 0 saturated heterocycles. The molecule has 0 saturated carbocycles. The van der Waals surface area contributed by atoms with Gasteiger partial charge in [0.1, 0.15) is 5.76 Å². The Kier molecular flexibility index (Phi) is 5.45. The summed E-state index contributed by atoms with van der Waals surface area (Å²) in [6, 6.07) is 9.66. The SMILES string of the molecule is CCCSc1nnc2c(n1)O[C@@H](/C=C/c1ccco1)Nc1ccc(Br)cc1-2. The van der Waals surface area contributed by atoms with Crippen LogP contribution in [0.4, 0.5) is 5.69 Å². The summed E-state index contributed by atoms with van der Waals surface area (Å²) in [5, 5.41) is 12.6. The minimum absolute atomic E-state index is 0.419. The molecule has 0 unspecified atom stereocenters. The van der Waals surface area contributed by atoms with E-state index in [1.165, 1.54) is 0 Å². The largest absolute Gasteiger partial charge is 0.465 e. The van der Waals surface area contributed by atoms with E-state index in [0.29, 0.717) is 16.7 Å². The number of aromatic nitrogens is 3. The molecular weight excluding hydrogens is 428 g/mol. The van der Waals surface area contributed by atoms with Crippen molar-refractivity contribution in [1.29, 1.82) is 0 Å². The Balaban J connectivity index is 1.72. The fourth-order valence-electron chi connectivity index (χ4n) is 2.60. The van der Waals surface area contributed by atoms with Crippen LogP contribution in [0.5, 0.6) is 5.88 Å². The molecule has 2 aromatic heterocycles. The van der Waals surface area contributed by atoms with Crippen LogP contribution in [0, 0.1) is 0 Å². The quantitative estimate of drug-likeness (QED) is 0.539. The molecule has 1 aromatic carbocycles. The number of hydrogen-bond acceptors (Lipinski definition) is 7. The summed E-state index contributed by atoms with van der Waals surface area (Å²) in [5.74, 6) is 2.14. The zero-order valence-corrected chi connectivity index (χ0v) is 17.0. The summed E-state index contributed by atoms with van der Waals surface area (Å²) in [6.45, 7) is 2.12. The van der Waals surface area contributed by atoms with Crippen molar-refractivity contribution in [2.24, 2.45) is 0 Å². The van der Waals surface area contributed by atoms with Crippen LogP contribution >= 0.6 is 27.7 Å². The fourth-order valence-corrected chi connectivity index (χ4v) is 3.59. The minimum atomic E-state index is -0.419. The molecule has 138 valence electrons. The first-order valence-corrected chi connectivity index (χ1v) is 10.3. The molecule has 0 spiro atoms. The standard InChI is InChI=1S/C19H17BrN4O2S/c1-2-10-27-19-22-18-17(23-24-19)14-11-12(20)5-7-15(14)21-16(26-18)8-6-13-4-3-9-25-13/h3-9,11,16,21H,2,10H2,1H3/b8-6+/t16-/m0/s1. The second-order valence-corrected chi connectivity index (χ2v) is 7.82. The molecule has 0 aliphatic carbocycles. The highest BCUT2D eigenvalue weighted by atomic mass is 79.9. The van der Waals surface area contributed by atoms with E-state index in [1.807, 2.05) is 42.5 Å². The lowest BCUT2D eigenvalue weighted by Crippen LogP contribution is -2.23. The van der Waals surface area contributed by atoms with Gasteiger partial charge in [-0.3, -0.25) is 0 Å². The Labute approximate surface area is 169 Å². The van der Waals surface area contributed by atoms with E-state index in [-0.39, 0.29) is 0 Å². The highest BCUT2D eigenvalue weighted by molar-refractivity contribution is 9.10. The average Bonchev–Trinajstić information content (AvgIpc) is 3.14. The lowest BCUT2D eigenvalue weighted by Gasteiger charge is -2.15. The molecule has 1 aliphatic rings. The van der Waals surface area contributed by atoms with E-state index in [1.54, 1.807) is 18.0 Å². The number of rotatable bonds is 5. The van der Waals surface area contributed by atoms with Crippen LogP contribution in [0.15, 0.2) is 56.7 Å². The van der Waals surface area contributed by atoms with Crippen molar-refractivity contribution < 1.29 is 9.15 Å². The van der Waals surface area contributed by atoms with Crippen LogP contribution in [0.1, 0.15) is 19.1 Å². The Bertz CT molecular complexity index is 962. The maximum absolute atomic E-state index is 6.12. The van der Waals surface area contributed by atoms with Crippen molar-refractivity contribution in [2.75, 3.05) is 11.1 Å². The predicted octanol–water partition coefficient (Wildman–Crippen LogP) is 5.24. The van der Waals surface area contributed by atoms with Gasteiger partial charge in [0.15, 0.2) is 11.9 Å². The summed E-state index contributed by atoms with van der Waals surface area (Å²) < 4.78 is 12.4. The molecule has 0 bridgehead atoms. The first kappa shape index (κ1) is 18.1. The molecule has 3 heterocycles. The third-order valence-electron chi connectivity index (χ3n) is 3.82. The molecular formula is C19H17BrN4O2S. The van der Waals surface area contributed by atoms with Gasteiger partial charge in [-0.2, -0.15) is 4.98 Å². The molecule has 3 aromatic rings. The molecule has 0 amide bonds. The minimum Gasteiger partial charge on any atom is -0.465 e. The van der Waals surface area contributed by atoms with E-state index in [0.717, 1.165) is 33.7 Å². The number of fused-ring (bicyclic) bond motifs is 3. The van der Waals surface area contributed by atoms with E-state index in [2.05, 4.69) is 43.4 Å². The van der Waals surface area contributed by atoms with Gasteiger partial charge >= 0.3 is 0 Å². The van der Waals surface area contributed by atoms with Gasteiger partial charge in [0, 0.05) is 21.5 Å². The zero-order chi connectivity index (χ0) is 18.6. The van der Waals surface area contributed by atoms with Gasteiger partial charge in [-0.05, 0) is 48.9 Å². The van der Waals surface area contributed by atoms with Gasteiger partial charge in [0.25, 0.3) is 0 Å². The molecule has 8 heteroatoms. The van der Waals surface area contributed by atoms with Crippen molar-refractivity contribution in [3.05, 3.63) is 52.9 Å². The second kappa shape index (κ2) is 8.14.